The molecule has 2 heterocycles. The summed E-state index contributed by atoms with van der Waals surface area (Å²) < 4.78 is 0. The maximum absolute atomic E-state index is 12.4. The molecule has 2 aliphatic rings. The number of hydrogen-bond donors (Lipinski definition) is 2. The van der Waals surface area contributed by atoms with Crippen molar-refractivity contribution < 1.29 is 9.59 Å². The third-order valence-corrected chi connectivity index (χ3v) is 4.28. The Morgan fingerprint density at radius 2 is 2.23 bits per heavy atom. The number of urea groups is 2. The van der Waals surface area contributed by atoms with Crippen LogP contribution < -0.4 is 10.6 Å². The van der Waals surface area contributed by atoms with Crippen LogP contribution in [0.2, 0.25) is 0 Å². The molecule has 2 fully saturated rings. The monoisotopic (exact) mass is 302 g/mol. The zero-order valence-corrected chi connectivity index (χ0v) is 12.8. The van der Waals surface area contributed by atoms with Gasteiger partial charge in [-0.05, 0) is 37.5 Å². The quantitative estimate of drug-likeness (QED) is 0.878. The van der Waals surface area contributed by atoms with E-state index in [0.29, 0.717) is 13.1 Å². The Balaban J connectivity index is 1.61. The number of likely N-dealkylation sites (tertiary alicyclic amines) is 1. The van der Waals surface area contributed by atoms with E-state index in [2.05, 4.69) is 10.6 Å². The molecule has 118 valence electrons. The average molecular weight is 302 g/mol. The van der Waals surface area contributed by atoms with Gasteiger partial charge in [-0.1, -0.05) is 12.1 Å². The molecule has 1 aromatic carbocycles. The Kier molecular flexibility index (Phi) is 4.18. The van der Waals surface area contributed by atoms with Crippen molar-refractivity contribution >= 4 is 17.7 Å². The highest BCUT2D eigenvalue weighted by atomic mass is 16.2. The molecule has 1 unspecified atom stereocenters. The van der Waals surface area contributed by atoms with Gasteiger partial charge in [0.25, 0.3) is 0 Å². The smallest absolute Gasteiger partial charge is 0.321 e. The number of anilines is 1. The molecule has 1 atom stereocenters. The first-order chi connectivity index (χ1) is 10.6. The highest BCUT2D eigenvalue weighted by Crippen LogP contribution is 2.19. The molecule has 0 saturated carbocycles. The van der Waals surface area contributed by atoms with Crippen molar-refractivity contribution in [3.05, 3.63) is 29.8 Å². The topological polar surface area (TPSA) is 64.7 Å². The second kappa shape index (κ2) is 6.25. The lowest BCUT2D eigenvalue weighted by Crippen LogP contribution is -2.51. The third-order valence-electron chi connectivity index (χ3n) is 4.28. The Morgan fingerprint density at radius 3 is 2.95 bits per heavy atom. The van der Waals surface area contributed by atoms with Crippen LogP contribution in [0.4, 0.5) is 15.3 Å². The number of rotatable bonds is 2. The summed E-state index contributed by atoms with van der Waals surface area (Å²) >= 11 is 0. The first-order valence-corrected chi connectivity index (χ1v) is 7.80. The van der Waals surface area contributed by atoms with Gasteiger partial charge in [-0.2, -0.15) is 0 Å². The van der Waals surface area contributed by atoms with E-state index in [0.717, 1.165) is 37.2 Å². The third kappa shape index (κ3) is 3.16. The molecular formula is C16H22N4O2. The number of aryl methyl sites for hydroxylation is 1. The van der Waals surface area contributed by atoms with E-state index in [1.165, 1.54) is 0 Å². The van der Waals surface area contributed by atoms with Crippen molar-refractivity contribution in [2.45, 2.75) is 25.8 Å². The zero-order chi connectivity index (χ0) is 15.5. The summed E-state index contributed by atoms with van der Waals surface area (Å²) in [6, 6.07) is 7.80. The second-order valence-electron chi connectivity index (χ2n) is 5.97. The van der Waals surface area contributed by atoms with E-state index in [1.807, 2.05) is 41.0 Å². The predicted octanol–water partition coefficient (Wildman–Crippen LogP) is 2.02. The molecular weight excluding hydrogens is 280 g/mol. The highest BCUT2D eigenvalue weighted by molar-refractivity contribution is 5.89. The van der Waals surface area contributed by atoms with Gasteiger partial charge in [0.1, 0.15) is 0 Å². The van der Waals surface area contributed by atoms with Crippen molar-refractivity contribution in [3.63, 3.8) is 0 Å². The van der Waals surface area contributed by atoms with E-state index in [-0.39, 0.29) is 18.1 Å². The van der Waals surface area contributed by atoms with Gasteiger partial charge in [0.05, 0.1) is 6.04 Å². The van der Waals surface area contributed by atoms with Gasteiger partial charge in [0.2, 0.25) is 0 Å². The maximum Gasteiger partial charge on any atom is 0.321 e. The van der Waals surface area contributed by atoms with Crippen LogP contribution in [0.1, 0.15) is 18.4 Å². The highest BCUT2D eigenvalue weighted by Gasteiger charge is 2.32. The van der Waals surface area contributed by atoms with Gasteiger partial charge >= 0.3 is 12.1 Å². The lowest BCUT2D eigenvalue weighted by molar-refractivity contribution is 0.139. The molecule has 0 aliphatic carbocycles. The minimum absolute atomic E-state index is 0.00839. The summed E-state index contributed by atoms with van der Waals surface area (Å²) in [7, 11) is 0. The fourth-order valence-electron chi connectivity index (χ4n) is 3.15. The standard InChI is InChI=1S/C16H22N4O2/c1-12-4-2-5-13(10-12)18-16(22)19-8-3-6-14(11-19)20-9-7-17-15(20)21/h2,4-5,10,14H,3,6-9,11H2,1H3,(H,17,21)(H,18,22). The number of piperidine rings is 1. The summed E-state index contributed by atoms with van der Waals surface area (Å²) in [6.07, 6.45) is 1.89. The van der Waals surface area contributed by atoms with E-state index < -0.39 is 0 Å². The lowest BCUT2D eigenvalue weighted by atomic mass is 10.0. The summed E-state index contributed by atoms with van der Waals surface area (Å²) in [6.45, 7) is 4.77. The average Bonchev–Trinajstić information content (AvgIpc) is 2.93. The van der Waals surface area contributed by atoms with Crippen molar-refractivity contribution in [2.24, 2.45) is 0 Å². The molecule has 0 radical (unpaired) electrons. The number of nitrogens with one attached hydrogen (secondary N) is 2. The minimum atomic E-state index is -0.0881. The first-order valence-electron chi connectivity index (χ1n) is 7.80. The molecule has 6 nitrogen and oxygen atoms in total. The SMILES string of the molecule is Cc1cccc(NC(=O)N2CCCC(N3CCNC3=O)C2)c1. The van der Waals surface area contributed by atoms with E-state index in [4.69, 9.17) is 0 Å². The molecule has 2 aliphatic heterocycles. The first kappa shape index (κ1) is 14.7. The number of carbonyl (C=O) groups excluding carboxylic acids is 2. The summed E-state index contributed by atoms with van der Waals surface area (Å²) in [4.78, 5) is 27.9. The lowest BCUT2D eigenvalue weighted by Gasteiger charge is -2.36. The van der Waals surface area contributed by atoms with Crippen molar-refractivity contribution in [3.8, 4) is 0 Å². The molecule has 2 saturated heterocycles. The van der Waals surface area contributed by atoms with Crippen LogP contribution in [0.3, 0.4) is 0 Å². The molecule has 0 spiro atoms. The van der Waals surface area contributed by atoms with Gasteiger partial charge < -0.3 is 20.4 Å². The fraction of sp³-hybridized carbons (Fsp3) is 0.500. The van der Waals surface area contributed by atoms with Crippen LogP contribution in [0.5, 0.6) is 0 Å². The van der Waals surface area contributed by atoms with Crippen LogP contribution in [-0.2, 0) is 0 Å². The molecule has 3 rings (SSSR count). The van der Waals surface area contributed by atoms with E-state index in [1.54, 1.807) is 0 Å². The zero-order valence-electron chi connectivity index (χ0n) is 12.8. The number of carbonyl (C=O) groups is 2. The summed E-state index contributed by atoms with van der Waals surface area (Å²) in [5.74, 6) is 0. The molecule has 1 aromatic rings. The van der Waals surface area contributed by atoms with Crippen molar-refractivity contribution in [1.29, 1.82) is 0 Å². The van der Waals surface area contributed by atoms with E-state index in [9.17, 15) is 9.59 Å². The van der Waals surface area contributed by atoms with E-state index >= 15 is 0 Å². The van der Waals surface area contributed by atoms with Crippen LogP contribution >= 0.6 is 0 Å². The molecule has 0 aromatic heterocycles. The predicted molar refractivity (Wildman–Crippen MR) is 84.9 cm³/mol. The van der Waals surface area contributed by atoms with Crippen molar-refractivity contribution in [2.75, 3.05) is 31.5 Å². The van der Waals surface area contributed by atoms with Crippen LogP contribution in [0, 0.1) is 6.92 Å². The Morgan fingerprint density at radius 1 is 1.36 bits per heavy atom. The fourth-order valence-corrected chi connectivity index (χ4v) is 3.15. The van der Waals surface area contributed by atoms with Gasteiger partial charge in [-0.3, -0.25) is 0 Å². The number of benzene rings is 1. The van der Waals surface area contributed by atoms with Crippen molar-refractivity contribution in [1.82, 2.24) is 15.1 Å². The maximum atomic E-state index is 12.4. The normalized spacial score (nSPS) is 21.7. The van der Waals surface area contributed by atoms with Crippen LogP contribution in [0.15, 0.2) is 24.3 Å². The van der Waals surface area contributed by atoms with Crippen LogP contribution in [-0.4, -0.2) is 54.1 Å². The van der Waals surface area contributed by atoms with Gasteiger partial charge in [-0.15, -0.1) is 0 Å². The second-order valence-corrected chi connectivity index (χ2v) is 5.97. The van der Waals surface area contributed by atoms with Crippen LogP contribution in [0.25, 0.3) is 0 Å². The Labute approximate surface area is 130 Å². The van der Waals surface area contributed by atoms with Gasteiger partial charge in [0.15, 0.2) is 0 Å². The Hall–Kier alpha value is -2.24. The molecule has 22 heavy (non-hydrogen) atoms. The molecule has 2 N–H and O–H groups in total. The summed E-state index contributed by atoms with van der Waals surface area (Å²) in [5.41, 5.74) is 1.93. The number of nitrogens with zero attached hydrogens (tertiary/aromatic N) is 2. The number of amides is 4. The van der Waals surface area contributed by atoms with Gasteiger partial charge in [0, 0.05) is 31.9 Å². The Bertz CT molecular complexity index is 575. The molecule has 0 bridgehead atoms. The largest absolute Gasteiger partial charge is 0.336 e. The summed E-state index contributed by atoms with van der Waals surface area (Å²) in [5, 5.41) is 5.77. The molecule has 6 heteroatoms. The van der Waals surface area contributed by atoms with Gasteiger partial charge in [-0.25, -0.2) is 9.59 Å². The number of hydrogen-bond acceptors (Lipinski definition) is 2. The minimum Gasteiger partial charge on any atom is -0.336 e. The molecule has 4 amide bonds.